The largest absolute Gasteiger partial charge is 0.508 e. The van der Waals surface area contributed by atoms with Crippen LogP contribution in [0.25, 0.3) is 6.08 Å². The minimum absolute atomic E-state index is 0.0134. The minimum Gasteiger partial charge on any atom is -0.508 e. The number of amides is 7. The Kier molecular flexibility index (Phi) is 26.6. The van der Waals surface area contributed by atoms with Gasteiger partial charge in [0.05, 0.1) is 19.6 Å². The second kappa shape index (κ2) is 32.6. The van der Waals surface area contributed by atoms with Gasteiger partial charge in [0, 0.05) is 13.5 Å². The van der Waals surface area contributed by atoms with E-state index in [-0.39, 0.29) is 43.3 Å². The second-order valence-electron chi connectivity index (χ2n) is 20.4. The molecule has 0 spiro atoms. The second-order valence-corrected chi connectivity index (χ2v) is 22.9. The van der Waals surface area contributed by atoms with Crippen LogP contribution in [0.15, 0.2) is 121 Å². The van der Waals surface area contributed by atoms with Crippen LogP contribution < -0.4 is 32.3 Å². The number of nitrogens with one attached hydrogen (secondary N) is 5. The van der Waals surface area contributed by atoms with E-state index >= 15 is 4.79 Å². The van der Waals surface area contributed by atoms with Gasteiger partial charge < -0.3 is 66.0 Å². The van der Waals surface area contributed by atoms with Gasteiger partial charge >= 0.3 is 24.1 Å². The van der Waals surface area contributed by atoms with Crippen molar-refractivity contribution in [3.05, 3.63) is 143 Å². The van der Waals surface area contributed by atoms with Gasteiger partial charge in [-0.1, -0.05) is 152 Å². The molecule has 0 saturated carbocycles. The molecule has 0 radical (unpaired) electrons. The molecular weight excluding hydrogens is 1140 g/mol. The number of alkyl halides is 3. The van der Waals surface area contributed by atoms with E-state index in [0.29, 0.717) is 16.7 Å². The number of aromatic hydroxyl groups is 1. The molecular formula is C58H70Cl3N7O15. The smallest absolute Gasteiger partial charge is 0.408 e. The summed E-state index contributed by atoms with van der Waals surface area (Å²) in [6, 6.07) is 23.3. The molecule has 448 valence electrons. The maximum Gasteiger partial charge on any atom is 0.408 e. The van der Waals surface area contributed by atoms with E-state index in [1.54, 1.807) is 126 Å². The fraction of sp³-hybridized carbons (Fsp3) is 0.397. The Morgan fingerprint density at radius 1 is 0.639 bits per heavy atom. The molecule has 0 bridgehead atoms. The average molecular weight is 1210 g/mol. The standard InChI is InChI=1S/C58H70Cl3N7O15/c1-35(2)27-42(49(71)64-44(28-37-17-11-8-12-18-37)53(75)81-34-58(59,60)61)63-51(73)46(29-38-23-25-41(69)26-24-38)68(7)52(74)48(67-55(77)80-32-40-21-15-10-16-22-40)36(3)82-54(76)45(33-79-31-39-19-13-9-14-20-39)65-50(72)43(30-47(62)70)66-56(78)83-57(4,5)6/h8-26,29,35-36,42-45,48,69H,27-28,30-34H2,1-7H3,(H2,62,70)(H,63,73)(H,64,71)(H,65,72)(H,66,78)(H,67,77)/b46-29+/t36-,42+,43+,44-,45+,48+/m1/s1. The summed E-state index contributed by atoms with van der Waals surface area (Å²) in [7, 11) is 1.16. The highest BCUT2D eigenvalue weighted by atomic mass is 35.6. The van der Waals surface area contributed by atoms with Gasteiger partial charge in [-0.05, 0) is 80.5 Å². The molecule has 22 nitrogen and oxygen atoms in total. The van der Waals surface area contributed by atoms with Crippen LogP contribution in [0.3, 0.4) is 0 Å². The van der Waals surface area contributed by atoms with E-state index in [1.807, 2.05) is 0 Å². The van der Waals surface area contributed by atoms with Gasteiger partial charge in [-0.2, -0.15) is 0 Å². The van der Waals surface area contributed by atoms with Gasteiger partial charge in [0.15, 0.2) is 6.04 Å². The number of carbonyl (C=O) groups excluding carboxylic acids is 9. The summed E-state index contributed by atoms with van der Waals surface area (Å²) in [6.07, 6.45) is -3.52. The summed E-state index contributed by atoms with van der Waals surface area (Å²) in [5.41, 5.74) is 6.09. The number of hydrogen-bond acceptors (Lipinski definition) is 15. The zero-order valence-corrected chi connectivity index (χ0v) is 49.1. The third-order valence-corrected chi connectivity index (χ3v) is 12.0. The van der Waals surface area contributed by atoms with Crippen molar-refractivity contribution in [1.29, 1.82) is 0 Å². The molecule has 8 N–H and O–H groups in total. The van der Waals surface area contributed by atoms with Gasteiger partial charge in [-0.25, -0.2) is 19.2 Å². The molecule has 0 saturated heterocycles. The third kappa shape index (κ3) is 25.0. The zero-order chi connectivity index (χ0) is 61.4. The number of carbonyl (C=O) groups is 9. The van der Waals surface area contributed by atoms with Crippen molar-refractivity contribution in [2.75, 3.05) is 20.3 Å². The monoisotopic (exact) mass is 1210 g/mol. The van der Waals surface area contributed by atoms with E-state index in [4.69, 9.17) is 64.2 Å². The van der Waals surface area contributed by atoms with Gasteiger partial charge in [0.1, 0.15) is 60.5 Å². The first kappa shape index (κ1) is 67.6. The number of likely N-dealkylation sites (N-methyl/N-ethyl adjacent to an activating group) is 1. The van der Waals surface area contributed by atoms with E-state index in [1.165, 1.54) is 37.3 Å². The lowest BCUT2D eigenvalue weighted by atomic mass is 10.0. The van der Waals surface area contributed by atoms with Crippen LogP contribution in [0, 0.1) is 5.92 Å². The van der Waals surface area contributed by atoms with Crippen molar-refractivity contribution >= 4 is 94.5 Å². The quantitative estimate of drug-likeness (QED) is 0.0147. The van der Waals surface area contributed by atoms with Gasteiger partial charge in [0.25, 0.3) is 11.8 Å². The average Bonchev–Trinajstić information content (AvgIpc) is 3.63. The highest BCUT2D eigenvalue weighted by Crippen LogP contribution is 2.26. The van der Waals surface area contributed by atoms with Crippen molar-refractivity contribution in [3.8, 4) is 5.75 Å². The summed E-state index contributed by atoms with van der Waals surface area (Å²) >= 11 is 17.6. The Labute approximate surface area is 496 Å². The van der Waals surface area contributed by atoms with Crippen molar-refractivity contribution in [2.45, 2.75) is 120 Å². The van der Waals surface area contributed by atoms with Crippen LogP contribution in [-0.4, -0.2) is 130 Å². The number of nitrogens with two attached hydrogens (primary N) is 1. The lowest BCUT2D eigenvalue weighted by Crippen LogP contribution is -2.58. The number of hydrogen-bond donors (Lipinski definition) is 7. The van der Waals surface area contributed by atoms with Crippen molar-refractivity contribution < 1.29 is 71.9 Å². The Hall–Kier alpha value is -7.92. The summed E-state index contributed by atoms with van der Waals surface area (Å²) in [4.78, 5) is 126. The topological polar surface area (TPSA) is 309 Å². The summed E-state index contributed by atoms with van der Waals surface area (Å²) < 4.78 is 25.7. The van der Waals surface area contributed by atoms with Gasteiger partial charge in [-0.15, -0.1) is 0 Å². The molecule has 83 heavy (non-hydrogen) atoms. The van der Waals surface area contributed by atoms with Crippen molar-refractivity contribution in [1.82, 2.24) is 31.5 Å². The first-order valence-electron chi connectivity index (χ1n) is 26.1. The molecule has 4 aromatic rings. The predicted octanol–water partition coefficient (Wildman–Crippen LogP) is 6.06. The first-order chi connectivity index (χ1) is 39.1. The Balaban J connectivity index is 1.74. The van der Waals surface area contributed by atoms with Crippen LogP contribution in [0.2, 0.25) is 0 Å². The fourth-order valence-corrected chi connectivity index (χ4v) is 7.81. The molecule has 0 aliphatic heterocycles. The summed E-state index contributed by atoms with van der Waals surface area (Å²) in [6.45, 7) is 7.89. The number of halogens is 3. The molecule has 0 aromatic heterocycles. The van der Waals surface area contributed by atoms with Crippen LogP contribution in [0.5, 0.6) is 5.75 Å². The van der Waals surface area contributed by atoms with Gasteiger partial charge in [-0.3, -0.25) is 24.0 Å². The van der Waals surface area contributed by atoms with E-state index in [9.17, 15) is 43.5 Å². The van der Waals surface area contributed by atoms with Crippen LogP contribution in [0.4, 0.5) is 9.59 Å². The SMILES string of the molecule is CC(C)C[C@H](NC(=O)/C(=C\c1ccc(O)cc1)N(C)C(=O)[C@@H](NC(=O)OCc1ccccc1)[C@@H](C)OC(=O)[C@H](COCc1ccccc1)NC(=O)[C@H](CC(N)=O)NC(=O)OC(C)(C)C)C(=O)N[C@H](Cc1ccccc1)C(=O)OCC(Cl)(Cl)Cl. The highest BCUT2D eigenvalue weighted by molar-refractivity contribution is 6.67. The number of benzene rings is 4. The lowest BCUT2D eigenvalue weighted by Gasteiger charge is -2.31. The molecule has 7 amide bonds. The molecule has 25 heteroatoms. The first-order valence-corrected chi connectivity index (χ1v) is 27.2. The maximum absolute atomic E-state index is 15.1. The Bertz CT molecular complexity index is 2850. The van der Waals surface area contributed by atoms with E-state index in [2.05, 4.69) is 26.6 Å². The maximum atomic E-state index is 15.1. The minimum atomic E-state index is -1.98. The van der Waals surface area contributed by atoms with E-state index < -0.39 is 125 Å². The highest BCUT2D eigenvalue weighted by Gasteiger charge is 2.39. The number of phenols is 1. The molecule has 0 fully saturated rings. The van der Waals surface area contributed by atoms with Crippen LogP contribution >= 0.6 is 34.8 Å². The molecule has 6 atom stereocenters. The number of alkyl carbamates (subject to hydrolysis) is 2. The van der Waals surface area contributed by atoms with Crippen molar-refractivity contribution in [3.63, 3.8) is 0 Å². The Morgan fingerprint density at radius 3 is 1.72 bits per heavy atom. The normalized spacial score (nSPS) is 13.7. The lowest BCUT2D eigenvalue weighted by molar-refractivity contribution is -0.157. The third-order valence-electron chi connectivity index (χ3n) is 11.6. The summed E-state index contributed by atoms with van der Waals surface area (Å²) in [5, 5.41) is 22.6. The molecule has 0 aliphatic rings. The van der Waals surface area contributed by atoms with Crippen molar-refractivity contribution in [2.24, 2.45) is 11.7 Å². The molecule has 0 heterocycles. The zero-order valence-electron chi connectivity index (χ0n) is 46.9. The Morgan fingerprint density at radius 2 is 1.18 bits per heavy atom. The number of phenolic OH excluding ortho intramolecular Hbond substituents is 1. The van der Waals surface area contributed by atoms with Crippen LogP contribution in [-0.2, 0) is 76.9 Å². The number of rotatable bonds is 28. The van der Waals surface area contributed by atoms with E-state index in [0.717, 1.165) is 11.9 Å². The molecule has 4 rings (SSSR count). The number of nitrogens with zero attached hydrogens (tertiary/aromatic N) is 1. The fourth-order valence-electron chi connectivity index (χ4n) is 7.65. The molecule has 4 aromatic carbocycles. The molecule has 0 aliphatic carbocycles. The summed E-state index contributed by atoms with van der Waals surface area (Å²) in [5.74, 6) is -7.66. The number of ether oxygens (including phenoxy) is 5. The number of esters is 2. The molecule has 0 unspecified atom stereocenters. The predicted molar refractivity (Wildman–Crippen MR) is 308 cm³/mol. The van der Waals surface area contributed by atoms with Gasteiger partial charge in [0.2, 0.25) is 21.5 Å². The number of primary amides is 1. The van der Waals surface area contributed by atoms with Crippen LogP contribution in [0.1, 0.15) is 76.6 Å².